The Balaban J connectivity index is 1.30. The van der Waals surface area contributed by atoms with Crippen molar-refractivity contribution in [2.45, 2.75) is 24.3 Å². The average molecular weight is 493 g/mol. The van der Waals surface area contributed by atoms with Gasteiger partial charge in [0.15, 0.2) is 29.1 Å². The maximum absolute atomic E-state index is 12.6. The van der Waals surface area contributed by atoms with E-state index < -0.39 is 34.5 Å². The second kappa shape index (κ2) is 10.2. The van der Waals surface area contributed by atoms with Crippen LogP contribution < -0.4 is 29.0 Å². The van der Waals surface area contributed by atoms with Crippen molar-refractivity contribution in [3.63, 3.8) is 0 Å². The van der Waals surface area contributed by atoms with E-state index >= 15 is 0 Å². The Bertz CT molecular complexity index is 1180. The molecule has 12 heteroatoms. The molecule has 0 spiro atoms. The summed E-state index contributed by atoms with van der Waals surface area (Å²) in [5.74, 6) is 0.335. The highest BCUT2D eigenvalue weighted by atomic mass is 32.2. The standard InChI is InChI=1S/C22H24N2O9S/c1-14(22(26)24-15-3-5-17-19(11-15)32-10-9-31-17)33-21(25)13-23-34(27,28)16-4-6-18-20(12-16)30-8-2-7-29-18/h3-6,11-12,14,23H,2,7-10,13H2,1H3,(H,24,26). The lowest BCUT2D eigenvalue weighted by Crippen LogP contribution is -2.35. The number of nitrogens with one attached hydrogen (secondary N) is 2. The fourth-order valence-electron chi connectivity index (χ4n) is 3.21. The van der Waals surface area contributed by atoms with Crippen LogP contribution in [0, 0.1) is 0 Å². The maximum atomic E-state index is 12.6. The van der Waals surface area contributed by atoms with Crippen molar-refractivity contribution in [1.29, 1.82) is 0 Å². The van der Waals surface area contributed by atoms with Crippen LogP contribution in [0.1, 0.15) is 13.3 Å². The van der Waals surface area contributed by atoms with Crippen molar-refractivity contribution in [1.82, 2.24) is 4.72 Å². The van der Waals surface area contributed by atoms with Crippen LogP contribution in [0.25, 0.3) is 0 Å². The molecule has 0 aliphatic carbocycles. The molecule has 0 aromatic heterocycles. The Morgan fingerprint density at radius 1 is 0.912 bits per heavy atom. The van der Waals surface area contributed by atoms with Crippen LogP contribution in [-0.2, 0) is 24.3 Å². The smallest absolute Gasteiger partial charge is 0.321 e. The Labute approximate surface area is 196 Å². The van der Waals surface area contributed by atoms with Gasteiger partial charge in [-0.25, -0.2) is 8.42 Å². The van der Waals surface area contributed by atoms with E-state index in [1.165, 1.54) is 25.1 Å². The Hall–Kier alpha value is -3.51. The molecule has 1 atom stereocenters. The first-order valence-corrected chi connectivity index (χ1v) is 12.1. The number of benzene rings is 2. The lowest BCUT2D eigenvalue weighted by Gasteiger charge is -2.19. The zero-order valence-corrected chi connectivity index (χ0v) is 19.2. The first kappa shape index (κ1) is 23.6. The van der Waals surface area contributed by atoms with Gasteiger partial charge in [-0.3, -0.25) is 9.59 Å². The number of carbonyl (C=O) groups excluding carboxylic acids is 2. The molecule has 2 aromatic carbocycles. The van der Waals surface area contributed by atoms with Gasteiger partial charge in [0, 0.05) is 24.2 Å². The average Bonchev–Trinajstić information content (AvgIpc) is 3.07. The van der Waals surface area contributed by atoms with Gasteiger partial charge < -0.3 is 29.0 Å². The maximum Gasteiger partial charge on any atom is 0.321 e. The van der Waals surface area contributed by atoms with E-state index in [2.05, 4.69) is 10.0 Å². The molecule has 2 aromatic rings. The molecule has 2 N–H and O–H groups in total. The van der Waals surface area contributed by atoms with E-state index in [-0.39, 0.29) is 4.90 Å². The third-order valence-electron chi connectivity index (χ3n) is 4.92. The van der Waals surface area contributed by atoms with Gasteiger partial charge in [0.1, 0.15) is 19.8 Å². The highest BCUT2D eigenvalue weighted by molar-refractivity contribution is 7.89. The van der Waals surface area contributed by atoms with Crippen molar-refractivity contribution in [2.75, 3.05) is 38.3 Å². The quantitative estimate of drug-likeness (QED) is 0.550. The zero-order chi connectivity index (χ0) is 24.1. The first-order chi connectivity index (χ1) is 16.3. The number of hydrogen-bond donors (Lipinski definition) is 2. The summed E-state index contributed by atoms with van der Waals surface area (Å²) in [6.45, 7) is 2.46. The normalized spacial score (nSPS) is 15.6. The predicted octanol–water partition coefficient (Wildman–Crippen LogP) is 1.47. The van der Waals surface area contributed by atoms with Gasteiger partial charge in [0.05, 0.1) is 18.1 Å². The summed E-state index contributed by atoms with van der Waals surface area (Å²) < 4.78 is 54.2. The molecule has 2 heterocycles. The van der Waals surface area contributed by atoms with E-state index in [0.717, 1.165) is 0 Å². The van der Waals surface area contributed by atoms with Crippen LogP contribution >= 0.6 is 0 Å². The summed E-state index contributed by atoms with van der Waals surface area (Å²) in [7, 11) is -4.03. The molecular weight excluding hydrogens is 468 g/mol. The van der Waals surface area contributed by atoms with E-state index in [9.17, 15) is 18.0 Å². The number of fused-ring (bicyclic) bond motifs is 2. The molecular formula is C22H24N2O9S. The number of rotatable bonds is 7. The van der Waals surface area contributed by atoms with Crippen molar-refractivity contribution in [3.05, 3.63) is 36.4 Å². The second-order valence-electron chi connectivity index (χ2n) is 7.46. The number of esters is 1. The summed E-state index contributed by atoms with van der Waals surface area (Å²) >= 11 is 0. The molecule has 0 bridgehead atoms. The number of hydrogen-bond acceptors (Lipinski definition) is 9. The molecule has 4 rings (SSSR count). The van der Waals surface area contributed by atoms with E-state index in [1.807, 2.05) is 0 Å². The van der Waals surface area contributed by atoms with Gasteiger partial charge in [0.2, 0.25) is 10.0 Å². The third kappa shape index (κ3) is 5.69. The van der Waals surface area contributed by atoms with E-state index in [4.69, 9.17) is 23.7 Å². The topological polar surface area (TPSA) is 138 Å². The first-order valence-electron chi connectivity index (χ1n) is 10.6. The minimum atomic E-state index is -4.03. The minimum Gasteiger partial charge on any atom is -0.490 e. The molecule has 1 amide bonds. The minimum absolute atomic E-state index is 0.0889. The lowest BCUT2D eigenvalue weighted by atomic mass is 10.2. The molecule has 182 valence electrons. The molecule has 1 unspecified atom stereocenters. The van der Waals surface area contributed by atoms with E-state index in [1.54, 1.807) is 18.2 Å². The number of sulfonamides is 1. The molecule has 2 aliphatic rings. The van der Waals surface area contributed by atoms with Gasteiger partial charge in [-0.1, -0.05) is 0 Å². The Morgan fingerprint density at radius 2 is 1.53 bits per heavy atom. The Morgan fingerprint density at radius 3 is 2.29 bits per heavy atom. The van der Waals surface area contributed by atoms with Gasteiger partial charge >= 0.3 is 5.97 Å². The summed E-state index contributed by atoms with van der Waals surface area (Å²) in [6.07, 6.45) is -0.482. The summed E-state index contributed by atoms with van der Waals surface area (Å²) in [4.78, 5) is 24.4. The molecule has 11 nitrogen and oxygen atoms in total. The molecule has 0 fully saturated rings. The van der Waals surface area contributed by atoms with E-state index in [0.29, 0.717) is 61.5 Å². The van der Waals surface area contributed by atoms with Crippen molar-refractivity contribution < 1.29 is 41.7 Å². The van der Waals surface area contributed by atoms with Crippen LogP contribution in [0.15, 0.2) is 41.3 Å². The highest BCUT2D eigenvalue weighted by Gasteiger charge is 2.23. The Kier molecular flexibility index (Phi) is 7.08. The van der Waals surface area contributed by atoms with Gasteiger partial charge in [0.25, 0.3) is 5.91 Å². The lowest BCUT2D eigenvalue weighted by molar-refractivity contribution is -0.151. The molecule has 2 aliphatic heterocycles. The monoisotopic (exact) mass is 492 g/mol. The van der Waals surface area contributed by atoms with Crippen molar-refractivity contribution in [2.24, 2.45) is 0 Å². The SMILES string of the molecule is CC(OC(=O)CNS(=O)(=O)c1ccc2c(c1)OCCCO2)C(=O)Nc1ccc2c(c1)OCCO2. The molecule has 0 radical (unpaired) electrons. The van der Waals surface area contributed by atoms with Crippen molar-refractivity contribution in [3.8, 4) is 23.0 Å². The summed E-state index contributed by atoms with van der Waals surface area (Å²) in [5, 5.41) is 2.61. The second-order valence-corrected chi connectivity index (χ2v) is 9.23. The van der Waals surface area contributed by atoms with Gasteiger partial charge in [-0.15, -0.1) is 0 Å². The predicted molar refractivity (Wildman–Crippen MR) is 119 cm³/mol. The number of amides is 1. The van der Waals surface area contributed by atoms with Crippen LogP contribution in [0.2, 0.25) is 0 Å². The summed E-state index contributed by atoms with van der Waals surface area (Å²) in [6, 6.07) is 9.07. The van der Waals surface area contributed by atoms with Crippen LogP contribution in [0.5, 0.6) is 23.0 Å². The third-order valence-corrected chi connectivity index (χ3v) is 6.32. The largest absolute Gasteiger partial charge is 0.490 e. The number of carbonyl (C=O) groups is 2. The highest BCUT2D eigenvalue weighted by Crippen LogP contribution is 2.33. The van der Waals surface area contributed by atoms with Crippen LogP contribution in [0.4, 0.5) is 5.69 Å². The van der Waals surface area contributed by atoms with Gasteiger partial charge in [-0.05, 0) is 31.2 Å². The fourth-order valence-corrected chi connectivity index (χ4v) is 4.19. The van der Waals surface area contributed by atoms with Gasteiger partial charge in [-0.2, -0.15) is 4.72 Å². The number of anilines is 1. The molecule has 0 saturated heterocycles. The molecule has 0 saturated carbocycles. The van der Waals surface area contributed by atoms with Crippen LogP contribution in [0.3, 0.4) is 0 Å². The number of ether oxygens (including phenoxy) is 5. The summed E-state index contributed by atoms with van der Waals surface area (Å²) in [5.41, 5.74) is 0.437. The van der Waals surface area contributed by atoms with Crippen molar-refractivity contribution >= 4 is 27.6 Å². The fraction of sp³-hybridized carbons (Fsp3) is 0.364. The molecule has 34 heavy (non-hydrogen) atoms. The van der Waals surface area contributed by atoms with Crippen LogP contribution in [-0.4, -0.2) is 59.4 Å². The zero-order valence-electron chi connectivity index (χ0n) is 18.4.